The number of aromatic carboxylic acids is 1. The molecule has 0 fully saturated rings. The first kappa shape index (κ1) is 16.7. The van der Waals surface area contributed by atoms with Crippen molar-refractivity contribution < 1.29 is 23.1 Å². The smallest absolute Gasteiger partial charge is 0.420 e. The Bertz CT molecular complexity index is 978. The Kier molecular flexibility index (Phi) is 3.80. The summed E-state index contributed by atoms with van der Waals surface area (Å²) in [5.74, 6) is -1.50. The highest BCUT2D eigenvalue weighted by atomic mass is 35.5. The van der Waals surface area contributed by atoms with Gasteiger partial charge in [-0.1, -0.05) is 11.6 Å². The number of carbonyl (C=O) groups is 1. The highest BCUT2D eigenvalue weighted by Crippen LogP contribution is 2.38. The van der Waals surface area contributed by atoms with E-state index in [0.717, 1.165) is 10.5 Å². The number of hydrogen-bond acceptors (Lipinski definition) is 4. The maximum Gasteiger partial charge on any atom is 0.420 e. The van der Waals surface area contributed by atoms with Crippen molar-refractivity contribution in [2.45, 2.75) is 20.0 Å². The van der Waals surface area contributed by atoms with Crippen molar-refractivity contribution in [1.82, 2.24) is 14.4 Å². The molecule has 0 saturated heterocycles. The average Bonchev–Trinajstić information content (AvgIpc) is 2.97. The van der Waals surface area contributed by atoms with Gasteiger partial charge in [0.05, 0.1) is 21.1 Å². The third-order valence-corrected chi connectivity index (χ3v) is 4.82. The second-order valence-corrected chi connectivity index (χ2v) is 6.60. The Morgan fingerprint density at radius 1 is 1.33 bits per heavy atom. The Hall–Kier alpha value is -2.13. The van der Waals surface area contributed by atoms with Crippen molar-refractivity contribution in [1.29, 1.82) is 0 Å². The van der Waals surface area contributed by atoms with Gasteiger partial charge in [0.25, 0.3) is 0 Å². The van der Waals surface area contributed by atoms with E-state index in [9.17, 15) is 18.0 Å². The van der Waals surface area contributed by atoms with E-state index in [2.05, 4.69) is 9.97 Å². The number of nitrogens with zero attached hydrogens (tertiary/aromatic N) is 3. The molecule has 24 heavy (non-hydrogen) atoms. The van der Waals surface area contributed by atoms with Gasteiger partial charge in [-0.15, -0.1) is 11.3 Å². The van der Waals surface area contributed by atoms with Crippen molar-refractivity contribution in [3.63, 3.8) is 0 Å². The number of alkyl halides is 3. The molecule has 3 rings (SSSR count). The van der Waals surface area contributed by atoms with Crippen LogP contribution in [0.5, 0.6) is 0 Å². The summed E-state index contributed by atoms with van der Waals surface area (Å²) in [6.45, 7) is 3.44. The fourth-order valence-corrected chi connectivity index (χ4v) is 3.54. The summed E-state index contributed by atoms with van der Waals surface area (Å²) in [4.78, 5) is 19.4. The van der Waals surface area contributed by atoms with Gasteiger partial charge in [0, 0.05) is 11.8 Å². The molecule has 5 nitrogen and oxygen atoms in total. The van der Waals surface area contributed by atoms with Gasteiger partial charge in [0.15, 0.2) is 11.3 Å². The maximum absolute atomic E-state index is 13.4. The van der Waals surface area contributed by atoms with Crippen LogP contribution < -0.4 is 0 Å². The fourth-order valence-electron chi connectivity index (χ4n) is 2.39. The van der Waals surface area contributed by atoms with Crippen molar-refractivity contribution in [3.8, 4) is 10.4 Å². The lowest BCUT2D eigenvalue weighted by molar-refractivity contribution is -0.136. The quantitative estimate of drug-likeness (QED) is 0.718. The van der Waals surface area contributed by atoms with Gasteiger partial charge in [0.1, 0.15) is 5.15 Å². The second kappa shape index (κ2) is 5.45. The van der Waals surface area contributed by atoms with Crippen LogP contribution in [0.1, 0.15) is 26.8 Å². The molecule has 0 saturated carbocycles. The summed E-state index contributed by atoms with van der Waals surface area (Å²) in [7, 11) is 0. The number of pyridine rings is 1. The minimum Gasteiger partial charge on any atom is -0.476 e. The first-order valence-electron chi connectivity index (χ1n) is 6.56. The van der Waals surface area contributed by atoms with E-state index in [0.29, 0.717) is 15.6 Å². The number of thiazole rings is 1. The van der Waals surface area contributed by atoms with Crippen LogP contribution in [-0.4, -0.2) is 25.4 Å². The number of fused-ring (bicyclic) bond motifs is 1. The van der Waals surface area contributed by atoms with E-state index in [1.54, 1.807) is 13.8 Å². The molecule has 0 bridgehead atoms. The minimum absolute atomic E-state index is 0.245. The van der Waals surface area contributed by atoms with E-state index >= 15 is 0 Å². The molecule has 0 radical (unpaired) electrons. The molecule has 0 aliphatic rings. The molecule has 10 heteroatoms. The molecule has 0 aromatic carbocycles. The Labute approximate surface area is 142 Å². The number of hydrogen-bond donors (Lipinski definition) is 1. The molecular formula is C14H9ClF3N3O2S. The van der Waals surface area contributed by atoms with Gasteiger partial charge < -0.3 is 5.11 Å². The summed E-state index contributed by atoms with van der Waals surface area (Å²) in [5.41, 5.74) is -1.40. The van der Waals surface area contributed by atoms with Gasteiger partial charge in [-0.2, -0.15) is 13.2 Å². The third-order valence-electron chi connectivity index (χ3n) is 3.34. The number of aromatic nitrogens is 3. The van der Waals surface area contributed by atoms with E-state index in [1.165, 1.54) is 17.5 Å². The van der Waals surface area contributed by atoms with Crippen LogP contribution in [0.15, 0.2) is 12.3 Å². The molecular weight excluding hydrogens is 367 g/mol. The lowest BCUT2D eigenvalue weighted by Crippen LogP contribution is -2.08. The molecule has 0 atom stereocenters. The monoisotopic (exact) mass is 375 g/mol. The molecule has 0 amide bonds. The van der Waals surface area contributed by atoms with Crippen LogP contribution in [0.25, 0.3) is 16.1 Å². The molecule has 3 aromatic heterocycles. The van der Waals surface area contributed by atoms with E-state index in [-0.39, 0.29) is 10.7 Å². The predicted molar refractivity (Wildman–Crippen MR) is 82.7 cm³/mol. The van der Waals surface area contributed by atoms with Crippen molar-refractivity contribution >= 4 is 34.6 Å². The summed E-state index contributed by atoms with van der Waals surface area (Å²) in [5, 5.41) is 9.37. The number of halogens is 4. The molecule has 3 aromatic rings. The molecule has 3 heterocycles. The summed E-state index contributed by atoms with van der Waals surface area (Å²) >= 11 is 7.16. The number of aryl methyl sites for hydroxylation is 2. The molecule has 0 aliphatic heterocycles. The number of imidazole rings is 1. The van der Waals surface area contributed by atoms with E-state index < -0.39 is 29.1 Å². The third kappa shape index (κ3) is 2.63. The fraction of sp³-hybridized carbons (Fsp3) is 0.214. The standard InChI is InChI=1S/C14H9ClF3N3O2S/c1-5-10(24-6(2)19-5)7-3-8(14(16,17)18)12-20-9(13(22)23)11(15)21(12)4-7/h3-4H,1-2H3,(H,22,23). The average molecular weight is 376 g/mol. The highest BCUT2D eigenvalue weighted by Gasteiger charge is 2.36. The van der Waals surface area contributed by atoms with Crippen LogP contribution in [0.4, 0.5) is 13.2 Å². The van der Waals surface area contributed by atoms with E-state index in [1.807, 2.05) is 0 Å². The molecule has 0 aliphatic carbocycles. The van der Waals surface area contributed by atoms with Crippen molar-refractivity contribution in [2.24, 2.45) is 0 Å². The number of carboxylic acids is 1. The van der Waals surface area contributed by atoms with Crippen molar-refractivity contribution in [3.05, 3.63) is 39.4 Å². The largest absolute Gasteiger partial charge is 0.476 e. The lowest BCUT2D eigenvalue weighted by Gasteiger charge is -2.11. The first-order valence-corrected chi connectivity index (χ1v) is 7.75. The van der Waals surface area contributed by atoms with Crippen LogP contribution in [0.2, 0.25) is 5.15 Å². The Morgan fingerprint density at radius 2 is 2.00 bits per heavy atom. The lowest BCUT2D eigenvalue weighted by atomic mass is 10.1. The number of rotatable bonds is 2. The van der Waals surface area contributed by atoms with Crippen LogP contribution in [0.3, 0.4) is 0 Å². The zero-order valence-electron chi connectivity index (χ0n) is 12.3. The highest BCUT2D eigenvalue weighted by molar-refractivity contribution is 7.15. The van der Waals surface area contributed by atoms with Crippen LogP contribution in [0, 0.1) is 13.8 Å². The van der Waals surface area contributed by atoms with Gasteiger partial charge in [-0.3, -0.25) is 4.40 Å². The first-order chi connectivity index (χ1) is 11.1. The SMILES string of the molecule is Cc1nc(C)c(-c2cc(C(F)(F)F)c3nc(C(=O)O)c(Cl)n3c2)s1. The zero-order valence-corrected chi connectivity index (χ0v) is 13.8. The van der Waals surface area contributed by atoms with Gasteiger partial charge in [-0.25, -0.2) is 14.8 Å². The predicted octanol–water partition coefficient (Wildman–Crippen LogP) is 4.45. The maximum atomic E-state index is 13.4. The molecule has 126 valence electrons. The van der Waals surface area contributed by atoms with E-state index in [4.69, 9.17) is 16.7 Å². The second-order valence-electron chi connectivity index (χ2n) is 5.04. The minimum atomic E-state index is -4.71. The molecule has 0 unspecified atom stereocenters. The van der Waals surface area contributed by atoms with Gasteiger partial charge in [0.2, 0.25) is 0 Å². The summed E-state index contributed by atoms with van der Waals surface area (Å²) in [6.07, 6.45) is -3.37. The van der Waals surface area contributed by atoms with Crippen LogP contribution in [-0.2, 0) is 6.18 Å². The van der Waals surface area contributed by atoms with Crippen LogP contribution >= 0.6 is 22.9 Å². The Morgan fingerprint density at radius 3 is 2.50 bits per heavy atom. The van der Waals surface area contributed by atoms with Gasteiger partial charge >= 0.3 is 12.1 Å². The number of carboxylic acid groups (broad SMARTS) is 1. The summed E-state index contributed by atoms with van der Waals surface area (Å²) in [6, 6.07) is 0.935. The topological polar surface area (TPSA) is 67.5 Å². The Balaban J connectivity index is 2.40. The summed E-state index contributed by atoms with van der Waals surface area (Å²) < 4.78 is 41.2. The molecule has 0 spiro atoms. The van der Waals surface area contributed by atoms with Gasteiger partial charge in [-0.05, 0) is 19.9 Å². The van der Waals surface area contributed by atoms with Crippen molar-refractivity contribution in [2.75, 3.05) is 0 Å². The molecule has 1 N–H and O–H groups in total. The normalized spacial score (nSPS) is 12.1. The zero-order chi connectivity index (χ0) is 17.8.